The van der Waals surface area contributed by atoms with E-state index in [4.69, 9.17) is 23.2 Å². The van der Waals surface area contributed by atoms with Crippen LogP contribution in [0, 0.1) is 6.92 Å². The molecule has 0 spiro atoms. The van der Waals surface area contributed by atoms with Gasteiger partial charge < -0.3 is 15.4 Å². The maximum absolute atomic E-state index is 13.0. The molecule has 0 radical (unpaired) electrons. The normalized spacial score (nSPS) is 13.2. The molecule has 2 N–H and O–H groups in total. The Kier molecular flexibility index (Phi) is 7.10. The number of nitrogens with zero attached hydrogens (tertiary/aromatic N) is 1. The fourth-order valence-corrected chi connectivity index (χ4v) is 3.85. The maximum Gasteiger partial charge on any atom is 0.337 e. The number of carbonyl (C=O) groups is 4. The smallest absolute Gasteiger partial charge is 0.337 e. The number of nitrogens with one attached hydrogen (secondary N) is 2. The molecule has 0 bridgehead atoms. The van der Waals surface area contributed by atoms with Crippen LogP contribution in [0.25, 0.3) is 0 Å². The summed E-state index contributed by atoms with van der Waals surface area (Å²) in [6.07, 6.45) is 0. The Morgan fingerprint density at radius 2 is 1.56 bits per heavy atom. The summed E-state index contributed by atoms with van der Waals surface area (Å²) in [6, 6.07) is 17.4. The van der Waals surface area contributed by atoms with Crippen LogP contribution in [0.5, 0.6) is 0 Å². The molecule has 0 unspecified atom stereocenters. The van der Waals surface area contributed by atoms with E-state index < -0.39 is 17.8 Å². The molecule has 36 heavy (non-hydrogen) atoms. The average Bonchev–Trinajstić information content (AvgIpc) is 3.09. The second-order valence-electron chi connectivity index (χ2n) is 7.80. The number of carbonyl (C=O) groups excluding carboxylic acids is 4. The third-order valence-electron chi connectivity index (χ3n) is 5.40. The van der Waals surface area contributed by atoms with Gasteiger partial charge in [-0.05, 0) is 67.1 Å². The lowest BCUT2D eigenvalue weighted by Crippen LogP contribution is -2.32. The van der Waals surface area contributed by atoms with Gasteiger partial charge in [-0.15, -0.1) is 0 Å². The summed E-state index contributed by atoms with van der Waals surface area (Å²) in [5.41, 5.74) is 2.48. The van der Waals surface area contributed by atoms with Gasteiger partial charge >= 0.3 is 5.97 Å². The van der Waals surface area contributed by atoms with Gasteiger partial charge in [0.05, 0.1) is 18.4 Å². The minimum absolute atomic E-state index is 0.128. The maximum atomic E-state index is 13.0. The number of hydrogen-bond donors (Lipinski definition) is 2. The molecule has 0 saturated heterocycles. The third-order valence-corrected chi connectivity index (χ3v) is 6.16. The zero-order valence-corrected chi connectivity index (χ0v) is 20.6. The molecule has 0 fully saturated rings. The number of halogens is 2. The number of methoxy groups -OCH3 is 1. The van der Waals surface area contributed by atoms with E-state index in [0.717, 1.165) is 10.5 Å². The van der Waals surface area contributed by atoms with Gasteiger partial charge in [-0.25, -0.2) is 9.69 Å². The fraction of sp³-hybridized carbons (Fsp3) is 0.0769. The highest BCUT2D eigenvalue weighted by atomic mass is 35.5. The second-order valence-corrected chi connectivity index (χ2v) is 8.58. The highest BCUT2D eigenvalue weighted by molar-refractivity contribution is 6.53. The van der Waals surface area contributed by atoms with Crippen LogP contribution in [0.1, 0.15) is 26.3 Å². The van der Waals surface area contributed by atoms with Crippen LogP contribution in [0.15, 0.2) is 77.5 Å². The van der Waals surface area contributed by atoms with E-state index >= 15 is 0 Å². The first-order valence-electron chi connectivity index (χ1n) is 10.6. The minimum atomic E-state index is -0.737. The van der Waals surface area contributed by atoms with E-state index in [9.17, 15) is 19.2 Å². The molecule has 3 aromatic rings. The quantitative estimate of drug-likeness (QED) is 0.343. The number of aryl methyl sites for hydroxylation is 1. The first kappa shape index (κ1) is 25.0. The summed E-state index contributed by atoms with van der Waals surface area (Å²) in [4.78, 5) is 51.0. The molecule has 8 nitrogen and oxygen atoms in total. The number of rotatable bonds is 6. The van der Waals surface area contributed by atoms with Crippen LogP contribution in [0.3, 0.4) is 0 Å². The van der Waals surface area contributed by atoms with Crippen molar-refractivity contribution in [1.29, 1.82) is 0 Å². The Bertz CT molecular complexity index is 1430. The summed E-state index contributed by atoms with van der Waals surface area (Å²) in [7, 11) is 1.23. The molecule has 0 aliphatic carbocycles. The van der Waals surface area contributed by atoms with Crippen molar-refractivity contribution in [3.05, 3.63) is 99.2 Å². The van der Waals surface area contributed by atoms with E-state index in [1.54, 1.807) is 42.5 Å². The number of benzene rings is 3. The highest BCUT2D eigenvalue weighted by Gasteiger charge is 2.39. The molecule has 1 aliphatic heterocycles. The first-order valence-corrected chi connectivity index (χ1v) is 11.4. The number of imide groups is 1. The Labute approximate surface area is 216 Å². The molecule has 3 aromatic carbocycles. The molecular weight excluding hydrogens is 505 g/mol. The molecule has 182 valence electrons. The SMILES string of the molecule is COC(=O)c1cccc(N2C(=O)C(Cl)=C(Nc3ccc(C(=O)Nc4ccc(C)c(Cl)c4)cc3)C2=O)c1. The summed E-state index contributed by atoms with van der Waals surface area (Å²) in [6.45, 7) is 1.86. The third kappa shape index (κ3) is 4.95. The van der Waals surface area contributed by atoms with Gasteiger partial charge in [-0.1, -0.05) is 35.3 Å². The topological polar surface area (TPSA) is 105 Å². The van der Waals surface area contributed by atoms with Gasteiger partial charge in [0, 0.05) is 22.0 Å². The van der Waals surface area contributed by atoms with Gasteiger partial charge in [-0.3, -0.25) is 14.4 Å². The van der Waals surface area contributed by atoms with E-state index in [2.05, 4.69) is 15.4 Å². The van der Waals surface area contributed by atoms with Crippen molar-refractivity contribution < 1.29 is 23.9 Å². The number of amides is 3. The van der Waals surface area contributed by atoms with Gasteiger partial charge in [0.1, 0.15) is 10.7 Å². The number of anilines is 3. The Hall–Kier alpha value is -4.14. The summed E-state index contributed by atoms with van der Waals surface area (Å²) in [5, 5.41) is 5.85. The van der Waals surface area contributed by atoms with Crippen molar-refractivity contribution in [2.45, 2.75) is 6.92 Å². The van der Waals surface area contributed by atoms with Gasteiger partial charge in [0.25, 0.3) is 17.7 Å². The van der Waals surface area contributed by atoms with Crippen LogP contribution >= 0.6 is 23.2 Å². The predicted octanol–water partition coefficient (Wildman–Crippen LogP) is 5.12. The van der Waals surface area contributed by atoms with E-state index in [-0.39, 0.29) is 27.9 Å². The molecule has 0 saturated carbocycles. The lowest BCUT2D eigenvalue weighted by atomic mass is 10.1. The van der Waals surface area contributed by atoms with Crippen molar-refractivity contribution in [2.75, 3.05) is 22.6 Å². The molecule has 3 amide bonds. The summed E-state index contributed by atoms with van der Waals surface area (Å²) in [5.74, 6) is -2.38. The van der Waals surface area contributed by atoms with E-state index in [0.29, 0.717) is 22.0 Å². The van der Waals surface area contributed by atoms with Crippen LogP contribution in [0.4, 0.5) is 17.1 Å². The molecular formula is C26H19Cl2N3O5. The van der Waals surface area contributed by atoms with Crippen LogP contribution < -0.4 is 15.5 Å². The van der Waals surface area contributed by atoms with Crippen LogP contribution in [0.2, 0.25) is 5.02 Å². The van der Waals surface area contributed by atoms with E-state index in [1.807, 2.05) is 6.92 Å². The van der Waals surface area contributed by atoms with Crippen molar-refractivity contribution in [3.8, 4) is 0 Å². The largest absolute Gasteiger partial charge is 0.465 e. The second kappa shape index (κ2) is 10.2. The first-order chi connectivity index (χ1) is 17.2. The Morgan fingerprint density at radius 3 is 2.22 bits per heavy atom. The predicted molar refractivity (Wildman–Crippen MR) is 137 cm³/mol. The summed E-state index contributed by atoms with van der Waals surface area (Å²) >= 11 is 12.3. The molecule has 0 aromatic heterocycles. The number of esters is 1. The van der Waals surface area contributed by atoms with Gasteiger partial charge in [-0.2, -0.15) is 0 Å². The number of hydrogen-bond acceptors (Lipinski definition) is 6. The van der Waals surface area contributed by atoms with E-state index in [1.165, 1.54) is 31.4 Å². The van der Waals surface area contributed by atoms with Crippen molar-refractivity contribution >= 4 is 64.0 Å². The minimum Gasteiger partial charge on any atom is -0.465 e. The molecule has 0 atom stereocenters. The van der Waals surface area contributed by atoms with Crippen LogP contribution in [-0.2, 0) is 14.3 Å². The van der Waals surface area contributed by atoms with Gasteiger partial charge in [0.2, 0.25) is 0 Å². The summed E-state index contributed by atoms with van der Waals surface area (Å²) < 4.78 is 4.69. The highest BCUT2D eigenvalue weighted by Crippen LogP contribution is 2.31. The van der Waals surface area contributed by atoms with Crippen molar-refractivity contribution in [3.63, 3.8) is 0 Å². The zero-order valence-electron chi connectivity index (χ0n) is 19.1. The number of ether oxygens (including phenoxy) is 1. The fourth-order valence-electron chi connectivity index (χ4n) is 3.46. The lowest BCUT2D eigenvalue weighted by Gasteiger charge is -2.16. The monoisotopic (exact) mass is 523 g/mol. The molecule has 1 heterocycles. The van der Waals surface area contributed by atoms with Crippen molar-refractivity contribution in [2.24, 2.45) is 0 Å². The Morgan fingerprint density at radius 1 is 0.861 bits per heavy atom. The average molecular weight is 524 g/mol. The van der Waals surface area contributed by atoms with Gasteiger partial charge in [0.15, 0.2) is 0 Å². The molecule has 10 heteroatoms. The zero-order chi connectivity index (χ0) is 26.0. The van der Waals surface area contributed by atoms with Crippen molar-refractivity contribution in [1.82, 2.24) is 0 Å². The molecule has 1 aliphatic rings. The van der Waals surface area contributed by atoms with Crippen LogP contribution in [-0.4, -0.2) is 30.8 Å². The Balaban J connectivity index is 1.48. The lowest BCUT2D eigenvalue weighted by molar-refractivity contribution is -0.120. The standard InChI is InChI=1S/C26H19Cl2N3O5/c1-14-6-9-18(13-20(14)27)30-23(32)15-7-10-17(11-8-15)29-22-21(28)24(33)31(25(22)34)19-5-3-4-16(12-19)26(35)36-2/h3-13,29H,1-2H3,(H,30,32). The molecule has 4 rings (SSSR count).